The molecule has 30 heavy (non-hydrogen) atoms. The molecule has 0 spiro atoms. The van der Waals surface area contributed by atoms with Crippen LogP contribution in [0.1, 0.15) is 44.2 Å². The number of hydrogen-bond acceptors (Lipinski definition) is 4. The van der Waals surface area contributed by atoms with E-state index >= 15 is 0 Å². The van der Waals surface area contributed by atoms with Gasteiger partial charge in [0.25, 0.3) is 0 Å². The van der Waals surface area contributed by atoms with Crippen molar-refractivity contribution >= 4 is 14.4 Å². The highest BCUT2D eigenvalue weighted by Crippen LogP contribution is 2.38. The number of ether oxygens (including phenoxy) is 1. The van der Waals surface area contributed by atoms with Gasteiger partial charge in [0.2, 0.25) is 0 Å². The number of rotatable bonds is 7. The van der Waals surface area contributed by atoms with Crippen LogP contribution in [0.3, 0.4) is 0 Å². The van der Waals surface area contributed by atoms with Crippen molar-refractivity contribution in [1.82, 2.24) is 4.90 Å². The van der Waals surface area contributed by atoms with Crippen LogP contribution in [-0.4, -0.2) is 51.7 Å². The summed E-state index contributed by atoms with van der Waals surface area (Å²) in [6.45, 7) is 12.9. The quantitative estimate of drug-likeness (QED) is 0.600. The van der Waals surface area contributed by atoms with Crippen LogP contribution < -0.4 is 5.73 Å². The fraction of sp³-hybridized carbons (Fsp3) is 0.667. The minimum absolute atomic E-state index is 0.0685. The number of halogens is 3. The van der Waals surface area contributed by atoms with Crippen LogP contribution in [0.5, 0.6) is 0 Å². The molecule has 1 aromatic carbocycles. The minimum atomic E-state index is -4.43. The Balaban J connectivity index is 2.10. The number of carbonyl (C=O) groups excluding carboxylic acids is 1. The second kappa shape index (κ2) is 9.28. The van der Waals surface area contributed by atoms with Crippen molar-refractivity contribution in [1.29, 1.82) is 0 Å². The van der Waals surface area contributed by atoms with Crippen molar-refractivity contribution in [2.45, 2.75) is 63.5 Å². The number of likely N-dealkylation sites (tertiary alicyclic amines) is 1. The molecule has 2 rings (SSSR count). The largest absolute Gasteiger partial charge is 0.449 e. The number of benzene rings is 1. The van der Waals surface area contributed by atoms with Gasteiger partial charge in [-0.2, -0.15) is 13.2 Å². The maximum Gasteiger partial charge on any atom is 0.416 e. The molecule has 1 heterocycles. The molecule has 0 radical (unpaired) electrons. The van der Waals surface area contributed by atoms with Gasteiger partial charge in [0.15, 0.2) is 8.32 Å². The van der Waals surface area contributed by atoms with E-state index in [4.69, 9.17) is 14.9 Å². The molecule has 1 aromatic rings. The summed E-state index contributed by atoms with van der Waals surface area (Å²) in [7, 11) is -1.90. The molecule has 170 valence electrons. The molecule has 9 heteroatoms. The van der Waals surface area contributed by atoms with Crippen LogP contribution >= 0.6 is 0 Å². The van der Waals surface area contributed by atoms with Crippen LogP contribution in [0.4, 0.5) is 18.0 Å². The summed E-state index contributed by atoms with van der Waals surface area (Å²) in [6.07, 6.45) is -4.39. The first-order chi connectivity index (χ1) is 13.7. The first kappa shape index (κ1) is 24.7. The summed E-state index contributed by atoms with van der Waals surface area (Å²) in [5, 5.41) is 0.107. The van der Waals surface area contributed by atoms with Gasteiger partial charge < -0.3 is 14.9 Å². The van der Waals surface area contributed by atoms with E-state index in [1.54, 1.807) is 6.07 Å². The molecule has 1 fully saturated rings. The Morgan fingerprint density at radius 3 is 2.53 bits per heavy atom. The second-order valence-electron chi connectivity index (χ2n) is 9.50. The Bertz CT molecular complexity index is 735. The Labute approximate surface area is 177 Å². The minimum Gasteiger partial charge on any atom is -0.449 e. The highest BCUT2D eigenvalue weighted by Gasteiger charge is 2.40. The lowest BCUT2D eigenvalue weighted by Gasteiger charge is -2.38. The Morgan fingerprint density at radius 1 is 1.30 bits per heavy atom. The van der Waals surface area contributed by atoms with Crippen LogP contribution in [0.2, 0.25) is 18.1 Å². The molecule has 0 aliphatic carbocycles. The first-order valence-corrected chi connectivity index (χ1v) is 13.1. The predicted octanol–water partition coefficient (Wildman–Crippen LogP) is 4.98. The lowest BCUT2D eigenvalue weighted by molar-refractivity contribution is -0.137. The summed E-state index contributed by atoms with van der Waals surface area (Å²) >= 11 is 0. The summed E-state index contributed by atoms with van der Waals surface area (Å²) in [6, 6.07) is 5.16. The molecule has 1 amide bonds. The topological polar surface area (TPSA) is 64.8 Å². The molecule has 5 nitrogen and oxygen atoms in total. The maximum atomic E-state index is 13.1. The zero-order valence-corrected chi connectivity index (χ0v) is 19.4. The van der Waals surface area contributed by atoms with Gasteiger partial charge in [-0.3, -0.25) is 4.90 Å². The summed E-state index contributed by atoms with van der Waals surface area (Å²) in [5.74, 6) is -0.411. The molecule has 0 aromatic heterocycles. The molecule has 1 saturated heterocycles. The lowest BCUT2D eigenvalue weighted by atomic mass is 9.97. The molecule has 1 aliphatic rings. The first-order valence-electron chi connectivity index (χ1n) is 10.2. The van der Waals surface area contributed by atoms with Gasteiger partial charge in [-0.1, -0.05) is 39.0 Å². The number of carbonyl (C=O) groups is 1. The normalized spacial score (nSPS) is 19.7. The van der Waals surface area contributed by atoms with Gasteiger partial charge in [-0.05, 0) is 36.2 Å². The van der Waals surface area contributed by atoms with Gasteiger partial charge in [0.05, 0.1) is 11.7 Å². The number of primary amides is 1. The maximum absolute atomic E-state index is 13.1. The second-order valence-corrected chi connectivity index (χ2v) is 14.3. The fourth-order valence-electron chi connectivity index (χ4n) is 3.37. The number of nitrogens with zero attached hydrogens (tertiary/aromatic N) is 1. The van der Waals surface area contributed by atoms with Gasteiger partial charge >= 0.3 is 12.3 Å². The number of alkyl halides is 3. The standard InChI is InChI=1S/C21H33F3N2O3Si/c1-20(2,3)30(4,5)29-18-9-10-26(13-18)12-16(14-28-19(25)27)15-7-6-8-17(11-15)21(22,23)24/h6-8,11,16,18H,9-10,12-14H2,1-5H3,(H2,25,27)/t16-,18-/m0/s1. The predicted molar refractivity (Wildman–Crippen MR) is 113 cm³/mol. The van der Waals surface area contributed by atoms with E-state index in [-0.39, 0.29) is 17.7 Å². The Kier molecular flexibility index (Phi) is 7.63. The Morgan fingerprint density at radius 2 is 1.97 bits per heavy atom. The van der Waals surface area contributed by atoms with E-state index < -0.39 is 32.1 Å². The van der Waals surface area contributed by atoms with Gasteiger partial charge in [-0.15, -0.1) is 0 Å². The van der Waals surface area contributed by atoms with E-state index in [0.717, 1.165) is 25.1 Å². The van der Waals surface area contributed by atoms with Crippen LogP contribution in [0.25, 0.3) is 0 Å². The van der Waals surface area contributed by atoms with Crippen molar-refractivity contribution in [3.05, 3.63) is 35.4 Å². The average Bonchev–Trinajstić information content (AvgIpc) is 3.03. The molecule has 0 bridgehead atoms. The lowest BCUT2D eigenvalue weighted by Crippen LogP contribution is -2.44. The van der Waals surface area contributed by atoms with Crippen molar-refractivity contribution in [2.24, 2.45) is 5.73 Å². The SMILES string of the molecule is CC(C)(C)[Si](C)(C)O[C@H]1CCN(C[C@@H](COC(N)=O)c2cccc(C(F)(F)F)c2)C1. The van der Waals surface area contributed by atoms with Crippen molar-refractivity contribution in [2.75, 3.05) is 26.2 Å². The molecule has 1 aliphatic heterocycles. The van der Waals surface area contributed by atoms with E-state index in [1.165, 1.54) is 6.07 Å². The van der Waals surface area contributed by atoms with Crippen molar-refractivity contribution in [3.8, 4) is 0 Å². The van der Waals surface area contributed by atoms with Crippen molar-refractivity contribution < 1.29 is 27.1 Å². The molecule has 2 atom stereocenters. The highest BCUT2D eigenvalue weighted by molar-refractivity contribution is 6.74. The zero-order valence-electron chi connectivity index (χ0n) is 18.4. The number of hydrogen-bond donors (Lipinski definition) is 1. The molecule has 0 saturated carbocycles. The van der Waals surface area contributed by atoms with Gasteiger partial charge in [-0.25, -0.2) is 4.79 Å². The highest BCUT2D eigenvalue weighted by atomic mass is 28.4. The third-order valence-electron chi connectivity index (χ3n) is 6.09. The average molecular weight is 447 g/mol. The van der Waals surface area contributed by atoms with E-state index in [1.807, 2.05) is 0 Å². The summed E-state index contributed by atoms with van der Waals surface area (Å²) < 4.78 is 50.8. The molecular formula is C21H33F3N2O3Si. The number of amides is 1. The van der Waals surface area contributed by atoms with Crippen molar-refractivity contribution in [3.63, 3.8) is 0 Å². The Hall–Kier alpha value is -1.58. The zero-order chi connectivity index (χ0) is 22.7. The van der Waals surface area contributed by atoms with Crippen LogP contribution in [0.15, 0.2) is 24.3 Å². The fourth-order valence-corrected chi connectivity index (χ4v) is 4.75. The van der Waals surface area contributed by atoms with Crippen LogP contribution in [-0.2, 0) is 15.3 Å². The number of nitrogens with two attached hydrogens (primary N) is 1. The smallest absolute Gasteiger partial charge is 0.416 e. The van der Waals surface area contributed by atoms with Crippen LogP contribution in [0, 0.1) is 0 Å². The summed E-state index contributed by atoms with van der Waals surface area (Å²) in [5.41, 5.74) is 4.84. The van der Waals surface area contributed by atoms with E-state index in [2.05, 4.69) is 38.8 Å². The third-order valence-corrected chi connectivity index (χ3v) is 10.6. The van der Waals surface area contributed by atoms with Gasteiger partial charge in [0.1, 0.15) is 6.61 Å². The monoisotopic (exact) mass is 446 g/mol. The third kappa shape index (κ3) is 6.71. The molecular weight excluding hydrogens is 413 g/mol. The van der Waals surface area contributed by atoms with E-state index in [0.29, 0.717) is 18.7 Å². The molecule has 0 unspecified atom stereocenters. The molecule has 2 N–H and O–H groups in total. The van der Waals surface area contributed by atoms with Gasteiger partial charge in [0, 0.05) is 25.6 Å². The van der Waals surface area contributed by atoms with E-state index in [9.17, 15) is 18.0 Å². The summed E-state index contributed by atoms with van der Waals surface area (Å²) in [4.78, 5) is 13.3.